The summed E-state index contributed by atoms with van der Waals surface area (Å²) in [5, 5.41) is 5.39. The molecule has 2 unspecified atom stereocenters. The minimum absolute atomic E-state index is 0.118. The number of amides is 1. The van der Waals surface area contributed by atoms with Crippen LogP contribution < -0.4 is 10.6 Å². The summed E-state index contributed by atoms with van der Waals surface area (Å²) in [6.07, 6.45) is 0.641. The van der Waals surface area contributed by atoms with E-state index in [1.165, 1.54) is 0 Å². The molecular formula is C10H17F3N2OS. The molecule has 1 rings (SSSR count). The normalized spacial score (nSPS) is 24.9. The van der Waals surface area contributed by atoms with E-state index in [0.29, 0.717) is 5.25 Å². The van der Waals surface area contributed by atoms with Crippen LogP contribution in [0.2, 0.25) is 0 Å². The second-order valence-corrected chi connectivity index (χ2v) is 5.29. The first-order valence-corrected chi connectivity index (χ1v) is 6.79. The second-order valence-electron chi connectivity index (χ2n) is 4.15. The zero-order chi connectivity index (χ0) is 12.9. The maximum atomic E-state index is 11.8. The highest BCUT2D eigenvalue weighted by molar-refractivity contribution is 7.99. The van der Waals surface area contributed by atoms with Crippen LogP contribution in [-0.2, 0) is 4.79 Å². The molecule has 0 bridgehead atoms. The Labute approximate surface area is 103 Å². The third-order valence-corrected chi connectivity index (χ3v) is 3.79. The highest BCUT2D eigenvalue weighted by Crippen LogP contribution is 2.27. The van der Waals surface area contributed by atoms with Gasteiger partial charge in [0.2, 0.25) is 5.91 Å². The number of halogens is 3. The average molecular weight is 270 g/mol. The smallest absolute Gasteiger partial charge is 0.352 e. The van der Waals surface area contributed by atoms with Gasteiger partial charge in [-0.1, -0.05) is 0 Å². The Morgan fingerprint density at radius 3 is 2.65 bits per heavy atom. The lowest BCUT2D eigenvalue weighted by Crippen LogP contribution is -2.41. The largest absolute Gasteiger partial charge is 0.401 e. The molecule has 0 aromatic heterocycles. The second kappa shape index (κ2) is 6.49. The van der Waals surface area contributed by atoms with E-state index in [4.69, 9.17) is 0 Å². The minimum Gasteiger partial charge on any atom is -0.352 e. The molecule has 0 saturated heterocycles. The predicted octanol–water partition coefficient (Wildman–Crippen LogP) is 1.54. The maximum absolute atomic E-state index is 11.8. The standard InChI is InChI=1S/C10H17F3N2OS/c1-17-8-3-2-7(4-8)15-9(16)5-14-6-10(11,12)13/h7-8,14H,2-6H2,1H3,(H,15,16). The van der Waals surface area contributed by atoms with Crippen LogP contribution in [-0.4, -0.2) is 42.7 Å². The molecule has 100 valence electrons. The Morgan fingerprint density at radius 2 is 2.12 bits per heavy atom. The van der Waals surface area contributed by atoms with Gasteiger partial charge in [-0.15, -0.1) is 0 Å². The van der Waals surface area contributed by atoms with E-state index in [1.54, 1.807) is 11.8 Å². The molecule has 0 aromatic rings. The topological polar surface area (TPSA) is 41.1 Å². The summed E-state index contributed by atoms with van der Waals surface area (Å²) in [6, 6.07) is 0.118. The molecule has 3 nitrogen and oxygen atoms in total. The molecule has 0 spiro atoms. The molecule has 0 heterocycles. The quantitative estimate of drug-likeness (QED) is 0.796. The van der Waals surface area contributed by atoms with Crippen LogP contribution >= 0.6 is 11.8 Å². The average Bonchev–Trinajstić information content (AvgIpc) is 2.63. The van der Waals surface area contributed by atoms with Gasteiger partial charge in [0.05, 0.1) is 13.1 Å². The van der Waals surface area contributed by atoms with Crippen molar-refractivity contribution < 1.29 is 18.0 Å². The SMILES string of the molecule is CSC1CCC(NC(=O)CNCC(F)(F)F)C1. The van der Waals surface area contributed by atoms with E-state index in [9.17, 15) is 18.0 Å². The highest BCUT2D eigenvalue weighted by atomic mass is 32.2. The van der Waals surface area contributed by atoms with Crippen molar-refractivity contribution in [2.24, 2.45) is 0 Å². The number of hydrogen-bond acceptors (Lipinski definition) is 3. The first-order chi connectivity index (χ1) is 7.90. The van der Waals surface area contributed by atoms with Gasteiger partial charge in [0, 0.05) is 11.3 Å². The summed E-state index contributed by atoms with van der Waals surface area (Å²) in [7, 11) is 0. The minimum atomic E-state index is -4.27. The van der Waals surface area contributed by atoms with Crippen LogP contribution in [0, 0.1) is 0 Å². The third kappa shape index (κ3) is 6.16. The lowest BCUT2D eigenvalue weighted by molar-refractivity contribution is -0.128. The van der Waals surface area contributed by atoms with Crippen LogP contribution in [0.1, 0.15) is 19.3 Å². The first-order valence-electron chi connectivity index (χ1n) is 5.50. The molecule has 7 heteroatoms. The van der Waals surface area contributed by atoms with Crippen molar-refractivity contribution in [1.29, 1.82) is 0 Å². The Kier molecular flexibility index (Phi) is 5.58. The predicted molar refractivity (Wildman–Crippen MR) is 62.0 cm³/mol. The Balaban J connectivity index is 2.13. The Hall–Kier alpha value is -0.430. The van der Waals surface area contributed by atoms with Crippen molar-refractivity contribution in [3.63, 3.8) is 0 Å². The maximum Gasteiger partial charge on any atom is 0.401 e. The van der Waals surface area contributed by atoms with Crippen LogP contribution in [0.15, 0.2) is 0 Å². The van der Waals surface area contributed by atoms with Crippen molar-refractivity contribution in [2.75, 3.05) is 19.3 Å². The molecule has 1 amide bonds. The van der Waals surface area contributed by atoms with E-state index in [2.05, 4.69) is 10.6 Å². The zero-order valence-corrected chi connectivity index (χ0v) is 10.5. The van der Waals surface area contributed by atoms with Crippen LogP contribution in [0.25, 0.3) is 0 Å². The summed E-state index contributed by atoms with van der Waals surface area (Å²) >= 11 is 1.77. The van der Waals surface area contributed by atoms with Crippen LogP contribution in [0.4, 0.5) is 13.2 Å². The molecule has 1 fully saturated rings. The lowest BCUT2D eigenvalue weighted by Gasteiger charge is -2.13. The van der Waals surface area contributed by atoms with Crippen molar-refractivity contribution in [3.05, 3.63) is 0 Å². The molecule has 0 radical (unpaired) electrons. The summed E-state index contributed by atoms with van der Waals surface area (Å²) in [4.78, 5) is 11.3. The molecule has 17 heavy (non-hydrogen) atoms. The molecule has 0 aromatic carbocycles. The van der Waals surface area contributed by atoms with Gasteiger partial charge in [-0.3, -0.25) is 4.79 Å². The van der Waals surface area contributed by atoms with E-state index in [0.717, 1.165) is 19.3 Å². The number of alkyl halides is 3. The van der Waals surface area contributed by atoms with Crippen molar-refractivity contribution in [3.8, 4) is 0 Å². The van der Waals surface area contributed by atoms with E-state index in [1.807, 2.05) is 6.26 Å². The summed E-state index contributed by atoms with van der Waals surface area (Å²) in [6.45, 7) is -1.40. The molecule has 2 atom stereocenters. The Bertz CT molecular complexity index is 260. The van der Waals surface area contributed by atoms with Gasteiger partial charge in [0.15, 0.2) is 0 Å². The fourth-order valence-electron chi connectivity index (χ4n) is 1.88. The van der Waals surface area contributed by atoms with Crippen molar-refractivity contribution in [2.45, 2.75) is 36.7 Å². The van der Waals surface area contributed by atoms with Crippen LogP contribution in [0.5, 0.6) is 0 Å². The molecule has 1 aliphatic rings. The molecule has 1 saturated carbocycles. The number of carbonyl (C=O) groups is 1. The van der Waals surface area contributed by atoms with Gasteiger partial charge < -0.3 is 10.6 Å². The first kappa shape index (κ1) is 14.6. The molecule has 2 N–H and O–H groups in total. The van der Waals surface area contributed by atoms with Crippen LogP contribution in [0.3, 0.4) is 0 Å². The molecular weight excluding hydrogens is 253 g/mol. The van der Waals surface area contributed by atoms with Crippen molar-refractivity contribution in [1.82, 2.24) is 10.6 Å². The number of carbonyl (C=O) groups excluding carboxylic acids is 1. The van der Waals surface area contributed by atoms with Gasteiger partial charge in [-0.2, -0.15) is 24.9 Å². The van der Waals surface area contributed by atoms with E-state index in [-0.39, 0.29) is 18.5 Å². The van der Waals surface area contributed by atoms with Gasteiger partial charge in [0.25, 0.3) is 0 Å². The van der Waals surface area contributed by atoms with E-state index < -0.39 is 12.7 Å². The fourth-order valence-corrected chi connectivity index (χ4v) is 2.68. The monoisotopic (exact) mass is 270 g/mol. The molecule has 1 aliphatic carbocycles. The van der Waals surface area contributed by atoms with Gasteiger partial charge >= 0.3 is 6.18 Å². The fraction of sp³-hybridized carbons (Fsp3) is 0.900. The summed E-state index contributed by atoms with van der Waals surface area (Å²) in [5.74, 6) is -0.360. The third-order valence-electron chi connectivity index (χ3n) is 2.69. The lowest BCUT2D eigenvalue weighted by atomic mass is 10.2. The number of hydrogen-bond donors (Lipinski definition) is 2. The van der Waals surface area contributed by atoms with E-state index >= 15 is 0 Å². The van der Waals surface area contributed by atoms with Crippen molar-refractivity contribution >= 4 is 17.7 Å². The highest BCUT2D eigenvalue weighted by Gasteiger charge is 2.27. The van der Waals surface area contributed by atoms with Gasteiger partial charge in [-0.05, 0) is 25.5 Å². The number of nitrogens with one attached hydrogen (secondary N) is 2. The number of thioether (sulfide) groups is 1. The Morgan fingerprint density at radius 1 is 1.41 bits per heavy atom. The van der Waals surface area contributed by atoms with Gasteiger partial charge in [-0.25, -0.2) is 0 Å². The molecule has 0 aliphatic heterocycles. The summed E-state index contributed by atoms with van der Waals surface area (Å²) in [5.41, 5.74) is 0. The van der Waals surface area contributed by atoms with Gasteiger partial charge in [0.1, 0.15) is 0 Å². The zero-order valence-electron chi connectivity index (χ0n) is 9.64. The number of rotatable bonds is 5. The summed E-state index contributed by atoms with van der Waals surface area (Å²) < 4.78 is 35.4.